The lowest BCUT2D eigenvalue weighted by molar-refractivity contribution is -0.121. The maximum Gasteiger partial charge on any atom is 0.338 e. The normalized spacial score (nSPS) is 11.3. The fraction of sp³-hybridized carbons (Fsp3) is 0.120. The number of para-hydroxylation sites is 2. The summed E-state index contributed by atoms with van der Waals surface area (Å²) in [4.78, 5) is 29.0. The van der Waals surface area contributed by atoms with Crippen LogP contribution in [0.5, 0.6) is 0 Å². The van der Waals surface area contributed by atoms with Crippen molar-refractivity contribution >= 4 is 34.9 Å². The monoisotopic (exact) mass is 499 g/mol. The number of nitrogen functional groups attached to an aromatic ring is 1. The van der Waals surface area contributed by atoms with Crippen LogP contribution in [0.25, 0.3) is 33.9 Å². The highest BCUT2D eigenvalue weighted by Crippen LogP contribution is 2.26. The second-order valence-electron chi connectivity index (χ2n) is 7.80. The van der Waals surface area contributed by atoms with E-state index in [0.29, 0.717) is 40.5 Å². The first kappa shape index (κ1) is 23.5. The van der Waals surface area contributed by atoms with Gasteiger partial charge in [-0.1, -0.05) is 24.3 Å². The van der Waals surface area contributed by atoms with E-state index in [9.17, 15) is 9.59 Å². The third kappa shape index (κ3) is 4.93. The lowest BCUT2D eigenvalue weighted by atomic mass is 10.1. The van der Waals surface area contributed by atoms with Crippen LogP contribution in [0.1, 0.15) is 23.0 Å². The molecule has 37 heavy (non-hydrogen) atoms. The standard InChI is InChI=1S/C25H21N7O5/c1-2-35-25(34)16-9-7-15(8-10-16)20-12-11-17(36-20)13-27-29-21(33)14-32-19-6-4-3-5-18(19)28-24(32)22-23(26)31-37-30-22/h3-13H,2,14H2,1H3,(H2,26,31)(H,29,33)/b27-13+. The molecule has 0 atom stereocenters. The smallest absolute Gasteiger partial charge is 0.338 e. The Morgan fingerprint density at radius 2 is 1.92 bits per heavy atom. The molecule has 0 aliphatic carbocycles. The van der Waals surface area contributed by atoms with E-state index in [1.54, 1.807) is 47.9 Å². The van der Waals surface area contributed by atoms with E-state index < -0.39 is 5.91 Å². The number of nitrogens with two attached hydrogens (primary N) is 1. The van der Waals surface area contributed by atoms with Gasteiger partial charge in [0.25, 0.3) is 5.91 Å². The van der Waals surface area contributed by atoms with E-state index >= 15 is 0 Å². The Kier molecular flexibility index (Phi) is 6.45. The van der Waals surface area contributed by atoms with E-state index in [4.69, 9.17) is 19.5 Å². The zero-order valence-corrected chi connectivity index (χ0v) is 19.6. The Hall–Kier alpha value is -5.26. The number of anilines is 1. The van der Waals surface area contributed by atoms with Crippen molar-refractivity contribution in [2.75, 3.05) is 12.3 Å². The minimum Gasteiger partial charge on any atom is -0.462 e. The average Bonchev–Trinajstić information content (AvgIpc) is 3.63. The zero-order valence-electron chi connectivity index (χ0n) is 19.6. The molecule has 0 aliphatic heterocycles. The summed E-state index contributed by atoms with van der Waals surface area (Å²) in [5, 5.41) is 11.4. The lowest BCUT2D eigenvalue weighted by Gasteiger charge is -2.06. The second kappa shape index (κ2) is 10.2. The molecule has 5 aromatic rings. The van der Waals surface area contributed by atoms with Gasteiger partial charge in [0.05, 0.1) is 29.4 Å². The summed E-state index contributed by atoms with van der Waals surface area (Å²) in [6.07, 6.45) is 1.39. The van der Waals surface area contributed by atoms with Crippen LogP contribution in [0, 0.1) is 0 Å². The fourth-order valence-corrected chi connectivity index (χ4v) is 3.68. The second-order valence-corrected chi connectivity index (χ2v) is 7.80. The molecule has 3 aromatic heterocycles. The predicted octanol–water partition coefficient (Wildman–Crippen LogP) is 3.26. The largest absolute Gasteiger partial charge is 0.462 e. The van der Waals surface area contributed by atoms with Crippen molar-refractivity contribution < 1.29 is 23.4 Å². The Labute approximate surface area is 209 Å². The molecule has 12 nitrogen and oxygen atoms in total. The average molecular weight is 499 g/mol. The summed E-state index contributed by atoms with van der Waals surface area (Å²) in [6, 6.07) is 17.7. The highest BCUT2D eigenvalue weighted by molar-refractivity contribution is 5.90. The fourth-order valence-electron chi connectivity index (χ4n) is 3.68. The maximum absolute atomic E-state index is 12.7. The third-order valence-electron chi connectivity index (χ3n) is 5.37. The molecule has 186 valence electrons. The molecule has 1 amide bonds. The van der Waals surface area contributed by atoms with E-state index in [2.05, 4.69) is 25.8 Å². The summed E-state index contributed by atoms with van der Waals surface area (Å²) < 4.78 is 17.1. The molecule has 0 bridgehead atoms. The van der Waals surface area contributed by atoms with Crippen molar-refractivity contribution in [1.82, 2.24) is 25.3 Å². The molecular formula is C25H21N7O5. The number of nitrogens with one attached hydrogen (secondary N) is 1. The number of hydrazone groups is 1. The molecule has 0 fully saturated rings. The van der Waals surface area contributed by atoms with Crippen LogP contribution in [0.2, 0.25) is 0 Å². The topological polar surface area (TPSA) is 164 Å². The quantitative estimate of drug-likeness (QED) is 0.185. The molecule has 3 heterocycles. The number of hydrogen-bond acceptors (Lipinski definition) is 10. The summed E-state index contributed by atoms with van der Waals surface area (Å²) in [5.74, 6) is 0.644. The van der Waals surface area contributed by atoms with Gasteiger partial charge >= 0.3 is 5.97 Å². The molecule has 3 N–H and O–H groups in total. The van der Waals surface area contributed by atoms with Crippen LogP contribution in [0.15, 0.2) is 74.8 Å². The van der Waals surface area contributed by atoms with Gasteiger partial charge in [-0.15, -0.1) is 0 Å². The molecule has 0 spiro atoms. The van der Waals surface area contributed by atoms with Crippen molar-refractivity contribution in [3.05, 3.63) is 72.0 Å². The van der Waals surface area contributed by atoms with Crippen molar-refractivity contribution in [2.24, 2.45) is 5.10 Å². The van der Waals surface area contributed by atoms with Crippen LogP contribution in [0.3, 0.4) is 0 Å². The Morgan fingerprint density at radius 1 is 1.11 bits per heavy atom. The Morgan fingerprint density at radius 3 is 2.68 bits per heavy atom. The minimum atomic E-state index is -0.406. The number of nitrogens with zero attached hydrogens (tertiary/aromatic N) is 5. The van der Waals surface area contributed by atoms with E-state index in [1.165, 1.54) is 6.21 Å². The number of furan rings is 1. The Bertz CT molecular complexity index is 1600. The van der Waals surface area contributed by atoms with Crippen LogP contribution in [-0.2, 0) is 16.1 Å². The highest BCUT2D eigenvalue weighted by atomic mass is 16.6. The number of ether oxygens (including phenoxy) is 1. The highest BCUT2D eigenvalue weighted by Gasteiger charge is 2.20. The van der Waals surface area contributed by atoms with Crippen LogP contribution in [0.4, 0.5) is 5.82 Å². The summed E-state index contributed by atoms with van der Waals surface area (Å²) >= 11 is 0. The van der Waals surface area contributed by atoms with Crippen LogP contribution < -0.4 is 11.2 Å². The number of fused-ring (bicyclic) bond motifs is 1. The van der Waals surface area contributed by atoms with Crippen LogP contribution in [-0.4, -0.2) is 44.6 Å². The van der Waals surface area contributed by atoms with Gasteiger partial charge in [-0.05, 0) is 53.6 Å². The van der Waals surface area contributed by atoms with Crippen molar-refractivity contribution in [3.63, 3.8) is 0 Å². The first-order chi connectivity index (χ1) is 18.0. The van der Waals surface area contributed by atoms with Gasteiger partial charge in [0.2, 0.25) is 0 Å². The van der Waals surface area contributed by atoms with Gasteiger partial charge in [-0.3, -0.25) is 4.79 Å². The van der Waals surface area contributed by atoms with E-state index in [0.717, 1.165) is 5.56 Å². The first-order valence-corrected chi connectivity index (χ1v) is 11.3. The number of rotatable bonds is 8. The maximum atomic E-state index is 12.7. The molecule has 2 aromatic carbocycles. The SMILES string of the molecule is CCOC(=O)c1ccc(-c2ccc(/C=N/NC(=O)Cn3c(-c4nonc4N)nc4ccccc43)o2)cc1. The summed E-state index contributed by atoms with van der Waals surface area (Å²) in [7, 11) is 0. The number of aromatic nitrogens is 4. The molecule has 0 aliphatic rings. The first-order valence-electron chi connectivity index (χ1n) is 11.3. The predicted molar refractivity (Wildman–Crippen MR) is 133 cm³/mol. The summed E-state index contributed by atoms with van der Waals surface area (Å²) in [6.45, 7) is 1.96. The Balaban J connectivity index is 1.26. The number of amides is 1. The number of carbonyl (C=O) groups is 2. The van der Waals surface area contributed by atoms with Crippen molar-refractivity contribution in [3.8, 4) is 22.8 Å². The summed E-state index contributed by atoms with van der Waals surface area (Å²) in [5.41, 5.74) is 11.2. The minimum absolute atomic E-state index is 0.0686. The van der Waals surface area contributed by atoms with E-state index in [-0.39, 0.29) is 24.0 Å². The molecule has 0 saturated heterocycles. The third-order valence-corrected chi connectivity index (χ3v) is 5.37. The van der Waals surface area contributed by atoms with Gasteiger partial charge < -0.3 is 19.5 Å². The van der Waals surface area contributed by atoms with Gasteiger partial charge in [0.15, 0.2) is 17.3 Å². The zero-order chi connectivity index (χ0) is 25.8. The number of carbonyl (C=O) groups excluding carboxylic acids is 2. The van der Waals surface area contributed by atoms with Gasteiger partial charge in [-0.2, -0.15) is 5.10 Å². The molecule has 0 radical (unpaired) electrons. The number of hydrogen-bond donors (Lipinski definition) is 2. The van der Waals surface area contributed by atoms with Gasteiger partial charge in [0, 0.05) is 5.56 Å². The number of imidazole rings is 1. The molecular weight excluding hydrogens is 478 g/mol. The molecule has 5 rings (SSSR count). The van der Waals surface area contributed by atoms with Crippen LogP contribution >= 0.6 is 0 Å². The van der Waals surface area contributed by atoms with Crippen molar-refractivity contribution in [2.45, 2.75) is 13.5 Å². The molecule has 0 saturated carbocycles. The van der Waals surface area contributed by atoms with Crippen molar-refractivity contribution in [1.29, 1.82) is 0 Å². The van der Waals surface area contributed by atoms with Gasteiger partial charge in [-0.25, -0.2) is 19.8 Å². The lowest BCUT2D eigenvalue weighted by Crippen LogP contribution is -2.23. The number of esters is 1. The molecule has 12 heteroatoms. The number of benzene rings is 2. The van der Waals surface area contributed by atoms with Gasteiger partial charge in [0.1, 0.15) is 18.1 Å². The van der Waals surface area contributed by atoms with E-state index in [1.807, 2.05) is 24.3 Å². The molecule has 0 unspecified atom stereocenters.